The highest BCUT2D eigenvalue weighted by Gasteiger charge is 2.42. The van der Waals surface area contributed by atoms with Gasteiger partial charge in [-0.25, -0.2) is 0 Å². The first-order chi connectivity index (χ1) is 14.1. The molecule has 2 saturated heterocycles. The SMILES string of the molecule is C/C(=C\c1ccccc1)CN1CCC2(CC[C@@H](CNC(=O)c3ccco3)O2)CC1. The van der Waals surface area contributed by atoms with Crippen molar-refractivity contribution in [3.05, 3.63) is 65.6 Å². The average Bonchev–Trinajstić information content (AvgIpc) is 3.40. The van der Waals surface area contributed by atoms with Gasteiger partial charge in [0.25, 0.3) is 5.91 Å². The minimum absolute atomic E-state index is 0.00632. The normalized spacial score (nSPS) is 22.1. The van der Waals surface area contributed by atoms with Crippen LogP contribution in [-0.4, -0.2) is 48.7 Å². The molecule has 29 heavy (non-hydrogen) atoms. The third-order valence-electron chi connectivity index (χ3n) is 6.03. The molecule has 1 atom stereocenters. The number of benzene rings is 1. The molecule has 2 aliphatic rings. The molecule has 0 bridgehead atoms. The van der Waals surface area contributed by atoms with E-state index in [2.05, 4.69) is 47.5 Å². The highest BCUT2D eigenvalue weighted by molar-refractivity contribution is 5.91. The van der Waals surface area contributed by atoms with Crippen LogP contribution in [0.4, 0.5) is 0 Å². The minimum atomic E-state index is -0.171. The molecule has 1 spiro atoms. The van der Waals surface area contributed by atoms with Gasteiger partial charge < -0.3 is 14.5 Å². The van der Waals surface area contributed by atoms with Gasteiger partial charge in [-0.05, 0) is 50.3 Å². The lowest BCUT2D eigenvalue weighted by Gasteiger charge is -2.39. The van der Waals surface area contributed by atoms with Crippen molar-refractivity contribution in [1.82, 2.24) is 10.2 Å². The molecule has 3 heterocycles. The van der Waals surface area contributed by atoms with Gasteiger partial charge in [-0.1, -0.05) is 42.0 Å². The van der Waals surface area contributed by atoms with Gasteiger partial charge in [0.1, 0.15) is 0 Å². The Labute approximate surface area is 172 Å². The number of carbonyl (C=O) groups is 1. The van der Waals surface area contributed by atoms with E-state index in [9.17, 15) is 4.79 Å². The van der Waals surface area contributed by atoms with Gasteiger partial charge in [0.05, 0.1) is 18.0 Å². The third kappa shape index (κ3) is 5.17. The van der Waals surface area contributed by atoms with Gasteiger partial charge in [-0.2, -0.15) is 0 Å². The van der Waals surface area contributed by atoms with E-state index in [1.807, 2.05) is 6.07 Å². The summed E-state index contributed by atoms with van der Waals surface area (Å²) in [6.07, 6.45) is 8.10. The zero-order valence-corrected chi connectivity index (χ0v) is 17.1. The van der Waals surface area contributed by atoms with Crippen molar-refractivity contribution in [3.63, 3.8) is 0 Å². The van der Waals surface area contributed by atoms with Crippen molar-refractivity contribution in [1.29, 1.82) is 0 Å². The number of ether oxygens (including phenoxy) is 1. The first-order valence-electron chi connectivity index (χ1n) is 10.6. The number of carbonyl (C=O) groups excluding carboxylic acids is 1. The van der Waals surface area contributed by atoms with Crippen LogP contribution in [0.1, 0.15) is 48.7 Å². The standard InChI is InChI=1S/C24H30N2O3/c1-19(16-20-6-3-2-4-7-20)18-26-13-11-24(12-14-26)10-9-21(29-24)17-25-23(27)22-8-5-15-28-22/h2-8,15-16,21H,9-14,17-18H2,1H3,(H,25,27)/b19-16+/t21-/m0/s1. The van der Waals surface area contributed by atoms with Crippen LogP contribution in [0.2, 0.25) is 0 Å². The number of nitrogens with zero attached hydrogens (tertiary/aromatic N) is 1. The molecule has 0 saturated carbocycles. The Morgan fingerprint density at radius 3 is 2.69 bits per heavy atom. The molecule has 1 N–H and O–H groups in total. The summed E-state index contributed by atoms with van der Waals surface area (Å²) in [5.74, 6) is 0.181. The first-order valence-corrected chi connectivity index (χ1v) is 10.6. The number of amides is 1. The summed E-state index contributed by atoms with van der Waals surface area (Å²) in [5, 5.41) is 2.93. The molecule has 1 aromatic carbocycles. The van der Waals surface area contributed by atoms with Crippen LogP contribution in [0.25, 0.3) is 6.08 Å². The molecule has 154 valence electrons. The van der Waals surface area contributed by atoms with Crippen molar-refractivity contribution in [3.8, 4) is 0 Å². The lowest BCUT2D eigenvalue weighted by Crippen LogP contribution is -2.45. The molecule has 1 amide bonds. The van der Waals surface area contributed by atoms with E-state index in [1.54, 1.807) is 12.1 Å². The fourth-order valence-electron chi connectivity index (χ4n) is 4.46. The summed E-state index contributed by atoms with van der Waals surface area (Å²) < 4.78 is 11.6. The zero-order chi connectivity index (χ0) is 20.1. The highest BCUT2D eigenvalue weighted by Crippen LogP contribution is 2.38. The monoisotopic (exact) mass is 394 g/mol. The van der Waals surface area contributed by atoms with Gasteiger partial charge >= 0.3 is 0 Å². The van der Waals surface area contributed by atoms with E-state index in [0.717, 1.165) is 45.3 Å². The van der Waals surface area contributed by atoms with Crippen molar-refractivity contribution < 1.29 is 13.9 Å². The van der Waals surface area contributed by atoms with Crippen molar-refractivity contribution >= 4 is 12.0 Å². The average molecular weight is 395 g/mol. The molecule has 0 aliphatic carbocycles. The Morgan fingerprint density at radius 2 is 1.97 bits per heavy atom. The first kappa shape index (κ1) is 19.9. The third-order valence-corrected chi connectivity index (χ3v) is 6.03. The molecule has 2 fully saturated rings. The second-order valence-corrected chi connectivity index (χ2v) is 8.33. The second-order valence-electron chi connectivity index (χ2n) is 8.33. The fourth-order valence-corrected chi connectivity index (χ4v) is 4.46. The van der Waals surface area contributed by atoms with Gasteiger partial charge in [0.15, 0.2) is 5.76 Å². The van der Waals surface area contributed by atoms with Gasteiger partial charge in [0.2, 0.25) is 0 Å². The van der Waals surface area contributed by atoms with E-state index in [-0.39, 0.29) is 17.6 Å². The van der Waals surface area contributed by atoms with Gasteiger partial charge in [-0.3, -0.25) is 9.69 Å². The second kappa shape index (κ2) is 8.97. The van der Waals surface area contributed by atoms with Gasteiger partial charge in [0, 0.05) is 26.2 Å². The van der Waals surface area contributed by atoms with E-state index < -0.39 is 0 Å². The number of likely N-dealkylation sites (tertiary alicyclic amines) is 1. The maximum Gasteiger partial charge on any atom is 0.287 e. The van der Waals surface area contributed by atoms with Crippen molar-refractivity contribution in [2.24, 2.45) is 0 Å². The Balaban J connectivity index is 1.22. The minimum Gasteiger partial charge on any atom is -0.459 e. The summed E-state index contributed by atoms with van der Waals surface area (Å²) >= 11 is 0. The fraction of sp³-hybridized carbons (Fsp3) is 0.458. The summed E-state index contributed by atoms with van der Waals surface area (Å²) in [6.45, 7) is 5.88. The number of rotatable bonds is 6. The molecule has 5 nitrogen and oxygen atoms in total. The molecular formula is C24H30N2O3. The van der Waals surface area contributed by atoms with Gasteiger partial charge in [-0.15, -0.1) is 0 Å². The quantitative estimate of drug-likeness (QED) is 0.801. The summed E-state index contributed by atoms with van der Waals surface area (Å²) in [6, 6.07) is 13.9. The molecular weight excluding hydrogens is 364 g/mol. The Bertz CT molecular complexity index is 821. The van der Waals surface area contributed by atoms with E-state index >= 15 is 0 Å². The van der Waals surface area contributed by atoms with Crippen LogP contribution in [0.3, 0.4) is 0 Å². The molecule has 2 aliphatic heterocycles. The van der Waals surface area contributed by atoms with Crippen LogP contribution in [0.5, 0.6) is 0 Å². The summed E-state index contributed by atoms with van der Waals surface area (Å²) in [5.41, 5.74) is 2.64. The molecule has 5 heteroatoms. The maximum absolute atomic E-state index is 12.0. The van der Waals surface area contributed by atoms with E-state index in [0.29, 0.717) is 12.3 Å². The summed E-state index contributed by atoms with van der Waals surface area (Å²) in [7, 11) is 0. The Morgan fingerprint density at radius 1 is 1.17 bits per heavy atom. The van der Waals surface area contributed by atoms with Crippen molar-refractivity contribution in [2.45, 2.75) is 44.3 Å². The number of nitrogens with one attached hydrogen (secondary N) is 1. The number of hydrogen-bond acceptors (Lipinski definition) is 4. The maximum atomic E-state index is 12.0. The van der Waals surface area contributed by atoms with Crippen molar-refractivity contribution in [2.75, 3.05) is 26.2 Å². The predicted molar refractivity (Wildman–Crippen MR) is 114 cm³/mol. The highest BCUT2D eigenvalue weighted by atomic mass is 16.5. The Kier molecular flexibility index (Phi) is 6.16. The zero-order valence-electron chi connectivity index (χ0n) is 17.1. The molecule has 0 unspecified atom stereocenters. The lowest BCUT2D eigenvalue weighted by molar-refractivity contribution is -0.0743. The molecule has 0 radical (unpaired) electrons. The van der Waals surface area contributed by atoms with Crippen LogP contribution in [0.15, 0.2) is 58.7 Å². The topological polar surface area (TPSA) is 54.7 Å². The predicted octanol–water partition coefficient (Wildman–Crippen LogP) is 4.13. The van der Waals surface area contributed by atoms with Crippen LogP contribution in [0, 0.1) is 0 Å². The summed E-state index contributed by atoms with van der Waals surface area (Å²) in [4.78, 5) is 14.6. The van der Waals surface area contributed by atoms with Crippen LogP contribution < -0.4 is 5.32 Å². The smallest absolute Gasteiger partial charge is 0.287 e. The van der Waals surface area contributed by atoms with Crippen LogP contribution in [-0.2, 0) is 4.74 Å². The van der Waals surface area contributed by atoms with E-state index in [1.165, 1.54) is 17.4 Å². The van der Waals surface area contributed by atoms with E-state index in [4.69, 9.17) is 9.15 Å². The molecule has 4 rings (SSSR count). The molecule has 1 aromatic heterocycles. The largest absolute Gasteiger partial charge is 0.459 e. The number of hydrogen-bond donors (Lipinski definition) is 1. The molecule has 2 aromatic rings. The lowest BCUT2D eigenvalue weighted by atomic mass is 9.88. The Hall–Kier alpha value is -2.37. The number of furan rings is 1. The van der Waals surface area contributed by atoms with Crippen LogP contribution >= 0.6 is 0 Å². The number of piperidine rings is 1.